The summed E-state index contributed by atoms with van der Waals surface area (Å²) in [5, 5.41) is 6.94. The fourth-order valence-corrected chi connectivity index (χ4v) is 3.82. The molecule has 2 atom stereocenters. The molecule has 0 aliphatic carbocycles. The zero-order chi connectivity index (χ0) is 21.9. The maximum absolute atomic E-state index is 13.4. The van der Waals surface area contributed by atoms with Gasteiger partial charge in [0.1, 0.15) is 0 Å². The maximum Gasteiger partial charge on any atom is 0.254 e. The summed E-state index contributed by atoms with van der Waals surface area (Å²) in [6, 6.07) is 5.54. The first-order valence-electron chi connectivity index (χ1n) is 11.0. The molecule has 1 amide bonds. The minimum atomic E-state index is 0.0310. The van der Waals surface area contributed by atoms with Crippen molar-refractivity contribution in [1.29, 1.82) is 0 Å². The van der Waals surface area contributed by atoms with Gasteiger partial charge in [-0.2, -0.15) is 0 Å². The van der Waals surface area contributed by atoms with Crippen LogP contribution in [0.15, 0.2) is 18.2 Å². The number of ether oxygens (including phenoxy) is 3. The molecular formula is C23H39N3O4. The van der Waals surface area contributed by atoms with Crippen molar-refractivity contribution in [3.8, 4) is 11.5 Å². The molecule has 0 unspecified atom stereocenters. The minimum Gasteiger partial charge on any atom is -0.493 e. The molecule has 0 radical (unpaired) electrons. The lowest BCUT2D eigenvalue weighted by atomic mass is 9.94. The molecule has 1 aliphatic rings. The van der Waals surface area contributed by atoms with Crippen LogP contribution in [0.4, 0.5) is 0 Å². The third-order valence-electron chi connectivity index (χ3n) is 5.61. The topological polar surface area (TPSA) is 72.1 Å². The predicted molar refractivity (Wildman–Crippen MR) is 120 cm³/mol. The Morgan fingerprint density at radius 3 is 2.63 bits per heavy atom. The van der Waals surface area contributed by atoms with Gasteiger partial charge in [0.15, 0.2) is 11.5 Å². The summed E-state index contributed by atoms with van der Waals surface area (Å²) < 4.78 is 16.3. The van der Waals surface area contributed by atoms with Crippen LogP contribution in [-0.4, -0.2) is 77.0 Å². The molecule has 0 saturated carbocycles. The second-order valence-corrected chi connectivity index (χ2v) is 8.10. The molecule has 1 saturated heterocycles. The minimum absolute atomic E-state index is 0.0310. The van der Waals surface area contributed by atoms with Crippen LogP contribution in [0.1, 0.15) is 37.6 Å². The Morgan fingerprint density at radius 1 is 1.20 bits per heavy atom. The lowest BCUT2D eigenvalue weighted by Gasteiger charge is -2.31. The first kappa shape index (κ1) is 24.4. The van der Waals surface area contributed by atoms with Gasteiger partial charge in [0.25, 0.3) is 5.91 Å². The standard InChI is InChI=1S/C23H39N3O4/c1-6-24-13-19-14-25-15-20(19)16-26(17(2)3)23(27)18-8-9-21(29-5)22(12-18)30-11-7-10-28-4/h8-9,12,17,19-20,24-25H,6-7,10-11,13-16H2,1-5H3/t19-,20-/m0/s1. The van der Waals surface area contributed by atoms with Gasteiger partial charge in [-0.15, -0.1) is 0 Å². The molecule has 1 aromatic carbocycles. The van der Waals surface area contributed by atoms with Crippen LogP contribution in [0.25, 0.3) is 0 Å². The normalized spacial score (nSPS) is 18.6. The first-order valence-corrected chi connectivity index (χ1v) is 11.0. The van der Waals surface area contributed by atoms with Crippen molar-refractivity contribution in [3.63, 3.8) is 0 Å². The molecule has 7 nitrogen and oxygen atoms in total. The smallest absolute Gasteiger partial charge is 0.254 e. The van der Waals surface area contributed by atoms with E-state index in [0.29, 0.717) is 42.1 Å². The Bertz CT molecular complexity index is 653. The summed E-state index contributed by atoms with van der Waals surface area (Å²) >= 11 is 0. The first-order chi connectivity index (χ1) is 14.5. The molecule has 2 rings (SSSR count). The lowest BCUT2D eigenvalue weighted by Crippen LogP contribution is -2.43. The van der Waals surface area contributed by atoms with Gasteiger partial charge in [0.2, 0.25) is 0 Å². The van der Waals surface area contributed by atoms with Crippen molar-refractivity contribution in [2.24, 2.45) is 11.8 Å². The van der Waals surface area contributed by atoms with Gasteiger partial charge in [0.05, 0.1) is 13.7 Å². The van der Waals surface area contributed by atoms with E-state index >= 15 is 0 Å². The van der Waals surface area contributed by atoms with Crippen molar-refractivity contribution in [2.45, 2.75) is 33.2 Å². The van der Waals surface area contributed by atoms with Crippen LogP contribution in [0.2, 0.25) is 0 Å². The van der Waals surface area contributed by atoms with Crippen LogP contribution in [0.5, 0.6) is 11.5 Å². The van der Waals surface area contributed by atoms with E-state index in [4.69, 9.17) is 14.2 Å². The fraction of sp³-hybridized carbons (Fsp3) is 0.696. The van der Waals surface area contributed by atoms with E-state index in [2.05, 4.69) is 31.4 Å². The largest absolute Gasteiger partial charge is 0.493 e. The second-order valence-electron chi connectivity index (χ2n) is 8.10. The molecule has 170 valence electrons. The Labute approximate surface area is 181 Å². The van der Waals surface area contributed by atoms with E-state index in [1.807, 2.05) is 17.0 Å². The highest BCUT2D eigenvalue weighted by molar-refractivity contribution is 5.95. The number of hydrogen-bond acceptors (Lipinski definition) is 6. The number of rotatable bonds is 13. The maximum atomic E-state index is 13.4. The van der Waals surface area contributed by atoms with Crippen LogP contribution < -0.4 is 20.1 Å². The summed E-state index contributed by atoms with van der Waals surface area (Å²) in [6.07, 6.45) is 0.776. The number of amides is 1. The molecule has 1 aliphatic heterocycles. The Morgan fingerprint density at radius 2 is 1.97 bits per heavy atom. The number of carbonyl (C=O) groups is 1. The summed E-state index contributed by atoms with van der Waals surface area (Å²) in [5.41, 5.74) is 0.625. The van der Waals surface area contributed by atoms with Gasteiger partial charge >= 0.3 is 0 Å². The SMILES string of the molecule is CCNC[C@H]1CNC[C@H]1CN(C(=O)c1ccc(OC)c(OCCCOC)c1)C(C)C. The highest BCUT2D eigenvalue weighted by Crippen LogP contribution is 2.29. The van der Waals surface area contributed by atoms with Gasteiger partial charge in [0, 0.05) is 44.8 Å². The highest BCUT2D eigenvalue weighted by atomic mass is 16.5. The van der Waals surface area contributed by atoms with Crippen molar-refractivity contribution in [2.75, 3.05) is 60.2 Å². The fourth-order valence-electron chi connectivity index (χ4n) is 3.82. The van der Waals surface area contributed by atoms with E-state index in [0.717, 1.165) is 39.1 Å². The predicted octanol–water partition coefficient (Wildman–Crippen LogP) is 2.41. The average molecular weight is 422 g/mol. The van der Waals surface area contributed by atoms with E-state index < -0.39 is 0 Å². The lowest BCUT2D eigenvalue weighted by molar-refractivity contribution is 0.0661. The van der Waals surface area contributed by atoms with Crippen LogP contribution in [-0.2, 0) is 4.74 Å². The highest BCUT2D eigenvalue weighted by Gasteiger charge is 2.31. The van der Waals surface area contributed by atoms with Crippen molar-refractivity contribution in [1.82, 2.24) is 15.5 Å². The third kappa shape index (κ3) is 6.86. The number of nitrogens with zero attached hydrogens (tertiary/aromatic N) is 1. The number of nitrogens with one attached hydrogen (secondary N) is 2. The molecule has 0 aromatic heterocycles. The van der Waals surface area contributed by atoms with E-state index in [1.165, 1.54) is 0 Å². The van der Waals surface area contributed by atoms with E-state index in [9.17, 15) is 4.79 Å². The van der Waals surface area contributed by atoms with Crippen LogP contribution in [0, 0.1) is 11.8 Å². The number of methoxy groups -OCH3 is 2. The Hall–Kier alpha value is -1.83. The zero-order valence-corrected chi connectivity index (χ0v) is 19.2. The van der Waals surface area contributed by atoms with Crippen molar-refractivity contribution in [3.05, 3.63) is 23.8 Å². The van der Waals surface area contributed by atoms with Gasteiger partial charge in [-0.05, 0) is 63.5 Å². The van der Waals surface area contributed by atoms with E-state index in [1.54, 1.807) is 20.3 Å². The molecule has 2 N–H and O–H groups in total. The molecule has 0 spiro atoms. The Balaban J connectivity index is 2.12. The summed E-state index contributed by atoms with van der Waals surface area (Å²) in [5.74, 6) is 2.23. The summed E-state index contributed by atoms with van der Waals surface area (Å²) in [7, 11) is 3.28. The van der Waals surface area contributed by atoms with Crippen LogP contribution >= 0.6 is 0 Å². The van der Waals surface area contributed by atoms with Crippen LogP contribution in [0.3, 0.4) is 0 Å². The molecule has 1 heterocycles. The molecule has 1 aromatic rings. The molecule has 1 fully saturated rings. The summed E-state index contributed by atoms with van der Waals surface area (Å²) in [4.78, 5) is 15.4. The van der Waals surface area contributed by atoms with Gasteiger partial charge in [-0.3, -0.25) is 4.79 Å². The molecular weight excluding hydrogens is 382 g/mol. The molecule has 30 heavy (non-hydrogen) atoms. The van der Waals surface area contributed by atoms with E-state index in [-0.39, 0.29) is 11.9 Å². The monoisotopic (exact) mass is 421 g/mol. The quantitative estimate of drug-likeness (QED) is 0.477. The van der Waals surface area contributed by atoms with Gasteiger partial charge in [-0.25, -0.2) is 0 Å². The zero-order valence-electron chi connectivity index (χ0n) is 19.2. The number of benzene rings is 1. The second kappa shape index (κ2) is 12.8. The number of hydrogen-bond donors (Lipinski definition) is 2. The van der Waals surface area contributed by atoms with Crippen molar-refractivity contribution >= 4 is 5.91 Å². The molecule has 0 bridgehead atoms. The average Bonchev–Trinajstić information content (AvgIpc) is 3.19. The van der Waals surface area contributed by atoms with Crippen molar-refractivity contribution < 1.29 is 19.0 Å². The molecule has 7 heteroatoms. The number of carbonyl (C=O) groups excluding carboxylic acids is 1. The van der Waals surface area contributed by atoms with Gasteiger partial charge < -0.3 is 29.7 Å². The van der Waals surface area contributed by atoms with Gasteiger partial charge in [-0.1, -0.05) is 6.92 Å². The third-order valence-corrected chi connectivity index (χ3v) is 5.61. The summed E-state index contributed by atoms with van der Waals surface area (Å²) in [6.45, 7) is 12.1. The Kier molecular flexibility index (Phi) is 10.4.